The highest BCUT2D eigenvalue weighted by atomic mass is 19.1. The summed E-state index contributed by atoms with van der Waals surface area (Å²) in [6, 6.07) is 12.5. The summed E-state index contributed by atoms with van der Waals surface area (Å²) in [5, 5.41) is 4.15. The molecule has 7 heteroatoms. The summed E-state index contributed by atoms with van der Waals surface area (Å²) < 4.78 is 22.3. The Labute approximate surface area is 166 Å². The van der Waals surface area contributed by atoms with Gasteiger partial charge >= 0.3 is 0 Å². The zero-order chi connectivity index (χ0) is 20.1. The Morgan fingerprint density at radius 3 is 2.55 bits per heavy atom. The van der Waals surface area contributed by atoms with Crippen LogP contribution in [-0.4, -0.2) is 40.1 Å². The lowest BCUT2D eigenvalue weighted by molar-refractivity contribution is -0.00538. The molecule has 1 fully saturated rings. The number of nitrogens with zero attached hydrogens (tertiary/aromatic N) is 3. The van der Waals surface area contributed by atoms with E-state index in [1.807, 2.05) is 49.1 Å². The van der Waals surface area contributed by atoms with Crippen molar-refractivity contribution < 1.29 is 9.13 Å². The second-order valence-electron chi connectivity index (χ2n) is 7.62. The fourth-order valence-electron chi connectivity index (χ4n) is 4.14. The van der Waals surface area contributed by atoms with Gasteiger partial charge in [0, 0.05) is 24.7 Å². The topological polar surface area (TPSA) is 63.2 Å². The Morgan fingerprint density at radius 2 is 1.83 bits per heavy atom. The highest BCUT2D eigenvalue weighted by Crippen LogP contribution is 2.30. The number of aromatic amines is 1. The summed E-state index contributed by atoms with van der Waals surface area (Å²) in [6.07, 6.45) is 1.61. The van der Waals surface area contributed by atoms with Crippen LogP contribution in [0.3, 0.4) is 0 Å². The zero-order valence-electron chi connectivity index (χ0n) is 16.2. The highest BCUT2D eigenvalue weighted by Gasteiger charge is 2.25. The van der Waals surface area contributed by atoms with E-state index >= 15 is 4.39 Å². The number of anilines is 1. The number of rotatable bonds is 2. The first-order valence-electron chi connectivity index (χ1n) is 9.70. The zero-order valence-corrected chi connectivity index (χ0v) is 16.2. The third kappa shape index (κ3) is 2.98. The third-order valence-corrected chi connectivity index (χ3v) is 5.37. The molecule has 6 nitrogen and oxygen atoms in total. The van der Waals surface area contributed by atoms with Crippen LogP contribution in [0.4, 0.5) is 10.1 Å². The van der Waals surface area contributed by atoms with Crippen molar-refractivity contribution in [1.29, 1.82) is 0 Å². The van der Waals surface area contributed by atoms with Gasteiger partial charge in [0.1, 0.15) is 5.82 Å². The van der Waals surface area contributed by atoms with Gasteiger partial charge in [-0.15, -0.1) is 0 Å². The first-order chi connectivity index (χ1) is 14.0. The molecule has 0 amide bonds. The van der Waals surface area contributed by atoms with Gasteiger partial charge < -0.3 is 9.64 Å². The van der Waals surface area contributed by atoms with Crippen LogP contribution in [0.2, 0.25) is 0 Å². The molecule has 2 unspecified atom stereocenters. The van der Waals surface area contributed by atoms with Crippen molar-refractivity contribution in [2.24, 2.45) is 0 Å². The Balaban J connectivity index is 1.67. The number of benzene rings is 2. The molecule has 0 aliphatic carbocycles. The number of ether oxygens (including phenoxy) is 1. The molecule has 148 valence electrons. The molecule has 5 rings (SSSR count). The van der Waals surface area contributed by atoms with Gasteiger partial charge in [-0.1, -0.05) is 18.2 Å². The first kappa shape index (κ1) is 17.9. The summed E-state index contributed by atoms with van der Waals surface area (Å²) >= 11 is 0. The number of pyridine rings is 1. The van der Waals surface area contributed by atoms with E-state index < -0.39 is 0 Å². The summed E-state index contributed by atoms with van der Waals surface area (Å²) in [6.45, 7) is 5.22. The van der Waals surface area contributed by atoms with Crippen LogP contribution in [0.5, 0.6) is 0 Å². The van der Waals surface area contributed by atoms with Crippen molar-refractivity contribution in [1.82, 2.24) is 14.8 Å². The molecule has 2 atom stereocenters. The Morgan fingerprint density at radius 1 is 1.10 bits per heavy atom. The van der Waals surface area contributed by atoms with E-state index in [0.29, 0.717) is 40.6 Å². The quantitative estimate of drug-likeness (QED) is 0.566. The molecule has 3 heterocycles. The van der Waals surface area contributed by atoms with Crippen molar-refractivity contribution >= 4 is 27.5 Å². The number of morpholine rings is 1. The maximum absolute atomic E-state index is 15.1. The number of H-pyrrole nitrogens is 1. The van der Waals surface area contributed by atoms with E-state index in [1.54, 1.807) is 12.3 Å². The van der Waals surface area contributed by atoms with Crippen LogP contribution < -0.4 is 10.5 Å². The van der Waals surface area contributed by atoms with Gasteiger partial charge in [-0.3, -0.25) is 14.9 Å². The van der Waals surface area contributed by atoms with E-state index in [2.05, 4.69) is 10.1 Å². The fraction of sp³-hybridized carbons (Fsp3) is 0.273. The van der Waals surface area contributed by atoms with Crippen molar-refractivity contribution in [3.63, 3.8) is 0 Å². The summed E-state index contributed by atoms with van der Waals surface area (Å²) in [4.78, 5) is 19.3. The number of para-hydroxylation sites is 1. The van der Waals surface area contributed by atoms with E-state index in [9.17, 15) is 4.79 Å². The molecule has 29 heavy (non-hydrogen) atoms. The van der Waals surface area contributed by atoms with E-state index in [4.69, 9.17) is 4.74 Å². The van der Waals surface area contributed by atoms with E-state index in [0.717, 1.165) is 5.69 Å². The lowest BCUT2D eigenvalue weighted by atomic mass is 10.1. The van der Waals surface area contributed by atoms with E-state index in [-0.39, 0.29) is 23.6 Å². The minimum absolute atomic E-state index is 0.0283. The Kier molecular flexibility index (Phi) is 4.13. The third-order valence-electron chi connectivity index (χ3n) is 5.37. The summed E-state index contributed by atoms with van der Waals surface area (Å²) in [7, 11) is 0. The molecule has 0 saturated carbocycles. The van der Waals surface area contributed by atoms with Crippen molar-refractivity contribution in [2.45, 2.75) is 26.1 Å². The minimum Gasteiger partial charge on any atom is -0.372 e. The molecule has 1 aliphatic rings. The Hall–Kier alpha value is -3.19. The maximum Gasteiger partial charge on any atom is 0.280 e. The lowest BCUT2D eigenvalue weighted by Gasteiger charge is -2.37. The largest absolute Gasteiger partial charge is 0.372 e. The van der Waals surface area contributed by atoms with Crippen molar-refractivity contribution in [3.8, 4) is 5.69 Å². The number of hydrogen-bond acceptors (Lipinski definition) is 4. The van der Waals surface area contributed by atoms with Gasteiger partial charge in [-0.2, -0.15) is 0 Å². The van der Waals surface area contributed by atoms with Crippen molar-refractivity contribution in [2.75, 3.05) is 18.0 Å². The maximum atomic E-state index is 15.1. The second kappa shape index (κ2) is 6.70. The van der Waals surface area contributed by atoms with Crippen LogP contribution >= 0.6 is 0 Å². The minimum atomic E-state index is -0.332. The van der Waals surface area contributed by atoms with Gasteiger partial charge in [0.15, 0.2) is 0 Å². The molecule has 0 bridgehead atoms. The van der Waals surface area contributed by atoms with Crippen molar-refractivity contribution in [3.05, 3.63) is 64.8 Å². The lowest BCUT2D eigenvalue weighted by Crippen LogP contribution is -2.45. The van der Waals surface area contributed by atoms with E-state index in [1.165, 1.54) is 10.7 Å². The van der Waals surface area contributed by atoms with Crippen LogP contribution in [0.1, 0.15) is 13.8 Å². The molecule has 2 aromatic heterocycles. The number of halogens is 1. The smallest absolute Gasteiger partial charge is 0.280 e. The Bertz CT molecular complexity index is 1250. The first-order valence-corrected chi connectivity index (χ1v) is 9.70. The number of hydrogen-bond donors (Lipinski definition) is 1. The molecule has 0 spiro atoms. The monoisotopic (exact) mass is 392 g/mol. The van der Waals surface area contributed by atoms with Crippen LogP contribution in [0.25, 0.3) is 27.5 Å². The summed E-state index contributed by atoms with van der Waals surface area (Å²) in [5.74, 6) is -0.332. The molecule has 4 aromatic rings. The van der Waals surface area contributed by atoms with Gasteiger partial charge in [0.25, 0.3) is 5.56 Å². The number of fused-ring (bicyclic) bond motifs is 3. The SMILES string of the molecule is CC1CN(c2cc3ncc4c(=O)n(-c5ccccc5)[nH]c4c3cc2F)CC(C)O1. The number of nitrogens with one attached hydrogen (secondary N) is 1. The highest BCUT2D eigenvalue weighted by molar-refractivity contribution is 6.03. The summed E-state index contributed by atoms with van der Waals surface area (Å²) in [5.41, 5.74) is 2.24. The van der Waals surface area contributed by atoms with Gasteiger partial charge in [-0.25, -0.2) is 9.07 Å². The van der Waals surface area contributed by atoms with Gasteiger partial charge in [0.05, 0.1) is 40.0 Å². The van der Waals surface area contributed by atoms with Crippen LogP contribution in [-0.2, 0) is 4.74 Å². The standard InChI is InChI=1S/C22H21FN4O2/c1-13-11-26(12-14(2)29-13)20-9-19-16(8-18(20)23)21-17(10-24-19)22(28)27(25-21)15-6-4-3-5-7-15/h3-10,13-14,25H,11-12H2,1-2H3. The average Bonchev–Trinajstić information content (AvgIpc) is 3.04. The molecular formula is C22H21FN4O2. The average molecular weight is 392 g/mol. The predicted molar refractivity (Wildman–Crippen MR) is 111 cm³/mol. The van der Waals surface area contributed by atoms with Gasteiger partial charge in [0.2, 0.25) is 0 Å². The molecule has 1 N–H and O–H groups in total. The van der Waals surface area contributed by atoms with Gasteiger partial charge in [-0.05, 0) is 38.1 Å². The molecular weight excluding hydrogens is 371 g/mol. The van der Waals surface area contributed by atoms with Crippen LogP contribution in [0, 0.1) is 5.82 Å². The molecule has 1 aliphatic heterocycles. The second-order valence-corrected chi connectivity index (χ2v) is 7.62. The number of aromatic nitrogens is 3. The van der Waals surface area contributed by atoms with Crippen LogP contribution in [0.15, 0.2) is 53.5 Å². The molecule has 2 aromatic carbocycles. The fourth-order valence-corrected chi connectivity index (χ4v) is 4.14. The predicted octanol–water partition coefficient (Wildman–Crippen LogP) is 3.62. The molecule has 1 saturated heterocycles. The molecule has 0 radical (unpaired) electrons. The normalized spacial score (nSPS) is 19.9.